The zero-order chi connectivity index (χ0) is 13.7. The van der Waals surface area contributed by atoms with Gasteiger partial charge in [0.15, 0.2) is 0 Å². The van der Waals surface area contributed by atoms with E-state index in [1.807, 2.05) is 6.07 Å². The van der Waals surface area contributed by atoms with E-state index in [4.69, 9.17) is 4.74 Å². The smallest absolute Gasteiger partial charge is 0.123 e. The second-order valence-electron chi connectivity index (χ2n) is 5.66. The van der Waals surface area contributed by atoms with Crippen molar-refractivity contribution in [3.05, 3.63) is 35.6 Å². The van der Waals surface area contributed by atoms with Crippen molar-refractivity contribution in [2.75, 3.05) is 13.7 Å². The van der Waals surface area contributed by atoms with Crippen LogP contribution in [0.4, 0.5) is 4.39 Å². The molecule has 19 heavy (non-hydrogen) atoms. The number of ether oxygens (including phenoxy) is 1. The third-order valence-corrected chi connectivity index (χ3v) is 3.75. The van der Waals surface area contributed by atoms with Crippen LogP contribution in [0.15, 0.2) is 24.3 Å². The van der Waals surface area contributed by atoms with Gasteiger partial charge in [0.2, 0.25) is 0 Å². The zero-order valence-electron chi connectivity index (χ0n) is 11.9. The molecule has 1 aromatic carbocycles. The second-order valence-corrected chi connectivity index (χ2v) is 5.66. The van der Waals surface area contributed by atoms with Gasteiger partial charge in [-0.2, -0.15) is 0 Å². The minimum atomic E-state index is -0.147. The lowest BCUT2D eigenvalue weighted by molar-refractivity contribution is 0.0945. The maximum absolute atomic E-state index is 13.2. The Morgan fingerprint density at radius 2 is 2.21 bits per heavy atom. The average molecular weight is 265 g/mol. The van der Waals surface area contributed by atoms with Crippen molar-refractivity contribution in [1.82, 2.24) is 5.32 Å². The summed E-state index contributed by atoms with van der Waals surface area (Å²) < 4.78 is 18.6. The Balaban J connectivity index is 1.90. The van der Waals surface area contributed by atoms with Crippen LogP contribution in [0.25, 0.3) is 0 Å². The van der Waals surface area contributed by atoms with Gasteiger partial charge in [0.1, 0.15) is 5.82 Å². The molecule has 1 aromatic rings. The van der Waals surface area contributed by atoms with Crippen LogP contribution in [-0.2, 0) is 11.2 Å². The van der Waals surface area contributed by atoms with Gasteiger partial charge in [-0.3, -0.25) is 0 Å². The molecule has 1 N–H and O–H groups in total. The number of halogens is 1. The molecule has 0 bridgehead atoms. The van der Waals surface area contributed by atoms with Crippen LogP contribution in [0.1, 0.15) is 31.7 Å². The minimum Gasteiger partial charge on any atom is -0.382 e. The molecule has 106 valence electrons. The predicted octanol–water partition coefficient (Wildman–Crippen LogP) is 3.16. The van der Waals surface area contributed by atoms with Gasteiger partial charge < -0.3 is 10.1 Å². The molecule has 2 atom stereocenters. The van der Waals surface area contributed by atoms with E-state index in [0.717, 1.165) is 24.9 Å². The maximum Gasteiger partial charge on any atom is 0.123 e. The largest absolute Gasteiger partial charge is 0.382 e. The van der Waals surface area contributed by atoms with Crippen molar-refractivity contribution in [2.45, 2.75) is 44.8 Å². The van der Waals surface area contributed by atoms with Gasteiger partial charge >= 0.3 is 0 Å². The van der Waals surface area contributed by atoms with E-state index in [1.165, 1.54) is 18.9 Å². The average Bonchev–Trinajstić information content (AvgIpc) is 3.20. The topological polar surface area (TPSA) is 21.3 Å². The summed E-state index contributed by atoms with van der Waals surface area (Å²) in [6, 6.07) is 7.65. The van der Waals surface area contributed by atoms with Gasteiger partial charge in [-0.05, 0) is 62.8 Å². The first-order chi connectivity index (χ1) is 9.17. The van der Waals surface area contributed by atoms with Crippen molar-refractivity contribution in [3.63, 3.8) is 0 Å². The molecule has 2 nitrogen and oxygen atoms in total. The number of hydrogen-bond acceptors (Lipinski definition) is 2. The van der Waals surface area contributed by atoms with Crippen LogP contribution in [0.5, 0.6) is 0 Å². The van der Waals surface area contributed by atoms with Gasteiger partial charge in [0, 0.05) is 13.2 Å². The van der Waals surface area contributed by atoms with Crippen LogP contribution in [0.3, 0.4) is 0 Å². The Hall–Kier alpha value is -0.930. The second kappa shape index (κ2) is 7.01. The SMILES string of the molecule is COC(C)CC(CNC1CC1)Cc1cccc(F)c1. The first-order valence-electron chi connectivity index (χ1n) is 7.18. The van der Waals surface area contributed by atoms with Crippen molar-refractivity contribution in [2.24, 2.45) is 5.92 Å². The normalized spacial score (nSPS) is 18.3. The van der Waals surface area contributed by atoms with Crippen molar-refractivity contribution in [1.29, 1.82) is 0 Å². The van der Waals surface area contributed by atoms with Crippen LogP contribution in [0, 0.1) is 11.7 Å². The standard InChI is InChI=1S/C16H24FNO/c1-12(19-2)8-14(11-18-16-6-7-16)9-13-4-3-5-15(17)10-13/h3-5,10,12,14,16,18H,6-9,11H2,1-2H3. The molecule has 1 saturated carbocycles. The lowest BCUT2D eigenvalue weighted by Gasteiger charge is -2.21. The number of nitrogens with one attached hydrogen (secondary N) is 1. The molecule has 0 spiro atoms. The summed E-state index contributed by atoms with van der Waals surface area (Å²) in [5.74, 6) is 0.351. The van der Waals surface area contributed by atoms with Crippen LogP contribution in [-0.4, -0.2) is 25.8 Å². The summed E-state index contributed by atoms with van der Waals surface area (Å²) in [6.07, 6.45) is 4.76. The summed E-state index contributed by atoms with van der Waals surface area (Å²) >= 11 is 0. The Bertz CT molecular complexity index is 392. The zero-order valence-corrected chi connectivity index (χ0v) is 11.9. The van der Waals surface area contributed by atoms with E-state index in [2.05, 4.69) is 12.2 Å². The van der Waals surface area contributed by atoms with Crippen molar-refractivity contribution in [3.8, 4) is 0 Å². The van der Waals surface area contributed by atoms with Gasteiger partial charge in [-0.1, -0.05) is 12.1 Å². The number of hydrogen-bond donors (Lipinski definition) is 1. The van der Waals surface area contributed by atoms with E-state index < -0.39 is 0 Å². The van der Waals surface area contributed by atoms with E-state index in [1.54, 1.807) is 19.2 Å². The van der Waals surface area contributed by atoms with Gasteiger partial charge in [0.25, 0.3) is 0 Å². The number of benzene rings is 1. The Morgan fingerprint density at radius 3 is 2.84 bits per heavy atom. The molecular weight excluding hydrogens is 241 g/mol. The monoisotopic (exact) mass is 265 g/mol. The lowest BCUT2D eigenvalue weighted by atomic mass is 9.93. The number of methoxy groups -OCH3 is 1. The molecule has 0 aliphatic heterocycles. The fraction of sp³-hybridized carbons (Fsp3) is 0.625. The van der Waals surface area contributed by atoms with Crippen molar-refractivity contribution >= 4 is 0 Å². The summed E-state index contributed by atoms with van der Waals surface area (Å²) in [4.78, 5) is 0. The highest BCUT2D eigenvalue weighted by Gasteiger charge is 2.22. The first-order valence-corrected chi connectivity index (χ1v) is 7.18. The molecule has 1 aliphatic rings. The summed E-state index contributed by atoms with van der Waals surface area (Å²) in [5, 5.41) is 3.57. The summed E-state index contributed by atoms with van der Waals surface area (Å²) in [5.41, 5.74) is 1.07. The fourth-order valence-corrected chi connectivity index (χ4v) is 2.42. The molecule has 0 heterocycles. The molecule has 0 amide bonds. The highest BCUT2D eigenvalue weighted by atomic mass is 19.1. The first kappa shape index (κ1) is 14.5. The fourth-order valence-electron chi connectivity index (χ4n) is 2.42. The molecule has 3 heteroatoms. The molecule has 0 aromatic heterocycles. The maximum atomic E-state index is 13.2. The highest BCUT2D eigenvalue weighted by Crippen LogP contribution is 2.21. The summed E-state index contributed by atoms with van der Waals surface area (Å²) in [6.45, 7) is 3.09. The lowest BCUT2D eigenvalue weighted by Crippen LogP contribution is -2.28. The summed E-state index contributed by atoms with van der Waals surface area (Å²) in [7, 11) is 1.75. The van der Waals surface area contributed by atoms with Crippen LogP contribution < -0.4 is 5.32 Å². The van der Waals surface area contributed by atoms with E-state index >= 15 is 0 Å². The van der Waals surface area contributed by atoms with Gasteiger partial charge in [0.05, 0.1) is 6.10 Å². The quantitative estimate of drug-likeness (QED) is 0.779. The predicted molar refractivity (Wildman–Crippen MR) is 75.7 cm³/mol. The molecule has 0 saturated heterocycles. The van der Waals surface area contributed by atoms with Gasteiger partial charge in [-0.15, -0.1) is 0 Å². The molecule has 2 unspecified atom stereocenters. The van der Waals surface area contributed by atoms with Crippen molar-refractivity contribution < 1.29 is 9.13 Å². The van der Waals surface area contributed by atoms with E-state index in [0.29, 0.717) is 12.0 Å². The molecule has 1 aliphatic carbocycles. The Morgan fingerprint density at radius 1 is 1.42 bits per heavy atom. The van der Waals surface area contributed by atoms with Crippen LogP contribution >= 0.6 is 0 Å². The number of rotatable bonds is 8. The van der Waals surface area contributed by atoms with E-state index in [-0.39, 0.29) is 11.9 Å². The van der Waals surface area contributed by atoms with Crippen LogP contribution in [0.2, 0.25) is 0 Å². The molecule has 0 radical (unpaired) electrons. The third kappa shape index (κ3) is 5.29. The molecular formula is C16H24FNO. The third-order valence-electron chi connectivity index (χ3n) is 3.75. The molecule has 1 fully saturated rings. The Kier molecular flexibility index (Phi) is 5.34. The van der Waals surface area contributed by atoms with Gasteiger partial charge in [-0.25, -0.2) is 4.39 Å². The highest BCUT2D eigenvalue weighted by molar-refractivity contribution is 5.17. The Labute approximate surface area is 115 Å². The minimum absolute atomic E-state index is 0.147. The molecule has 2 rings (SSSR count). The van der Waals surface area contributed by atoms with E-state index in [9.17, 15) is 4.39 Å².